The molecule has 1 heterocycles. The molecule has 1 aliphatic rings. The van der Waals surface area contributed by atoms with E-state index in [0.717, 1.165) is 19.5 Å². The summed E-state index contributed by atoms with van der Waals surface area (Å²) in [5.41, 5.74) is 0.574. The Balaban J connectivity index is 1.95. The van der Waals surface area contributed by atoms with E-state index in [9.17, 15) is 14.9 Å². The van der Waals surface area contributed by atoms with Gasteiger partial charge in [0.1, 0.15) is 0 Å². The van der Waals surface area contributed by atoms with Crippen LogP contribution in [0.15, 0.2) is 24.3 Å². The molecule has 0 atom stereocenters. The Morgan fingerprint density at radius 3 is 2.68 bits per heavy atom. The van der Waals surface area contributed by atoms with Gasteiger partial charge < -0.3 is 15.5 Å². The zero-order chi connectivity index (χ0) is 13.7. The van der Waals surface area contributed by atoms with Gasteiger partial charge in [0.25, 0.3) is 5.69 Å². The van der Waals surface area contributed by atoms with Crippen LogP contribution in [0.2, 0.25) is 0 Å². The van der Waals surface area contributed by atoms with Crippen molar-refractivity contribution in [3.63, 3.8) is 0 Å². The molecule has 19 heavy (non-hydrogen) atoms. The first-order chi connectivity index (χ1) is 9.16. The lowest BCUT2D eigenvalue weighted by molar-refractivity contribution is -0.384. The van der Waals surface area contributed by atoms with Crippen LogP contribution in [0, 0.1) is 10.1 Å². The summed E-state index contributed by atoms with van der Waals surface area (Å²) in [6, 6.07) is 5.65. The number of nitro groups is 1. The maximum atomic E-state index is 12.0. The number of amides is 2. The summed E-state index contributed by atoms with van der Waals surface area (Å²) < 4.78 is 0. The molecule has 1 fully saturated rings. The highest BCUT2D eigenvalue weighted by atomic mass is 16.6. The maximum Gasteiger partial charge on any atom is 0.321 e. The summed E-state index contributed by atoms with van der Waals surface area (Å²) in [5, 5.41) is 16.5. The highest BCUT2D eigenvalue weighted by Crippen LogP contribution is 2.15. The van der Waals surface area contributed by atoms with Crippen LogP contribution < -0.4 is 10.6 Å². The first kappa shape index (κ1) is 13.3. The van der Waals surface area contributed by atoms with Crippen LogP contribution in [0.5, 0.6) is 0 Å². The smallest absolute Gasteiger partial charge is 0.321 e. The molecule has 1 aromatic rings. The van der Waals surface area contributed by atoms with E-state index >= 15 is 0 Å². The van der Waals surface area contributed by atoms with Crippen molar-refractivity contribution in [2.45, 2.75) is 6.42 Å². The molecule has 0 aromatic heterocycles. The number of carbonyl (C=O) groups is 1. The molecule has 2 N–H and O–H groups in total. The van der Waals surface area contributed by atoms with Crippen molar-refractivity contribution >= 4 is 17.4 Å². The molecule has 2 rings (SSSR count). The first-order valence-electron chi connectivity index (χ1n) is 6.18. The highest BCUT2D eigenvalue weighted by molar-refractivity contribution is 5.89. The van der Waals surface area contributed by atoms with E-state index in [1.807, 2.05) is 0 Å². The van der Waals surface area contributed by atoms with Gasteiger partial charge in [-0.2, -0.15) is 0 Å². The van der Waals surface area contributed by atoms with Gasteiger partial charge in [0.2, 0.25) is 0 Å². The SMILES string of the molecule is O=C(Nc1ccc([N+](=O)[O-])cc1)N1CCCNCC1. The second-order valence-electron chi connectivity index (χ2n) is 4.32. The normalized spacial score (nSPS) is 15.7. The molecule has 2 amide bonds. The van der Waals surface area contributed by atoms with Gasteiger partial charge >= 0.3 is 6.03 Å². The predicted molar refractivity (Wildman–Crippen MR) is 71.2 cm³/mol. The number of benzene rings is 1. The third-order valence-corrected chi connectivity index (χ3v) is 2.96. The minimum atomic E-state index is -0.466. The molecule has 0 radical (unpaired) electrons. The van der Waals surface area contributed by atoms with E-state index in [0.29, 0.717) is 18.8 Å². The lowest BCUT2D eigenvalue weighted by Crippen LogP contribution is -2.37. The lowest BCUT2D eigenvalue weighted by Gasteiger charge is -2.20. The average molecular weight is 264 g/mol. The number of non-ortho nitro benzene ring substituents is 1. The largest absolute Gasteiger partial charge is 0.323 e. The van der Waals surface area contributed by atoms with Gasteiger partial charge in [0.05, 0.1) is 4.92 Å². The zero-order valence-electron chi connectivity index (χ0n) is 10.5. The van der Waals surface area contributed by atoms with Crippen LogP contribution in [0.4, 0.5) is 16.2 Å². The van der Waals surface area contributed by atoms with Gasteiger partial charge in [-0.3, -0.25) is 10.1 Å². The molecule has 0 unspecified atom stereocenters. The molecule has 1 aromatic carbocycles. The van der Waals surface area contributed by atoms with Crippen molar-refractivity contribution in [1.29, 1.82) is 0 Å². The van der Waals surface area contributed by atoms with E-state index < -0.39 is 4.92 Å². The third-order valence-electron chi connectivity index (χ3n) is 2.96. The number of hydrogen-bond acceptors (Lipinski definition) is 4. The molecule has 0 bridgehead atoms. The number of nitrogens with zero attached hydrogens (tertiary/aromatic N) is 2. The molecule has 0 saturated carbocycles. The van der Waals surface area contributed by atoms with Crippen molar-refractivity contribution in [2.75, 3.05) is 31.5 Å². The van der Waals surface area contributed by atoms with E-state index in [-0.39, 0.29) is 11.7 Å². The molecule has 1 saturated heterocycles. The lowest BCUT2D eigenvalue weighted by atomic mass is 10.3. The number of carbonyl (C=O) groups excluding carboxylic acids is 1. The molecule has 102 valence electrons. The molecule has 7 nitrogen and oxygen atoms in total. The topological polar surface area (TPSA) is 87.5 Å². The van der Waals surface area contributed by atoms with Crippen LogP contribution in [0.3, 0.4) is 0 Å². The summed E-state index contributed by atoms with van der Waals surface area (Å²) in [6.45, 7) is 3.08. The van der Waals surface area contributed by atoms with E-state index in [2.05, 4.69) is 10.6 Å². The van der Waals surface area contributed by atoms with Crippen molar-refractivity contribution < 1.29 is 9.72 Å². The number of nitrogens with one attached hydrogen (secondary N) is 2. The van der Waals surface area contributed by atoms with Gasteiger partial charge in [-0.1, -0.05) is 0 Å². The Bertz CT molecular complexity index is 453. The van der Waals surface area contributed by atoms with Crippen LogP contribution in [0.25, 0.3) is 0 Å². The second-order valence-corrected chi connectivity index (χ2v) is 4.32. The monoisotopic (exact) mass is 264 g/mol. The van der Waals surface area contributed by atoms with Gasteiger partial charge in [0, 0.05) is 37.5 Å². The summed E-state index contributed by atoms with van der Waals surface area (Å²) in [6.07, 6.45) is 0.924. The van der Waals surface area contributed by atoms with E-state index in [1.54, 1.807) is 4.90 Å². The fraction of sp³-hybridized carbons (Fsp3) is 0.417. The average Bonchev–Trinajstić information content (AvgIpc) is 2.68. The van der Waals surface area contributed by atoms with Crippen LogP contribution in [-0.2, 0) is 0 Å². The minimum Gasteiger partial charge on any atom is -0.323 e. The number of nitro benzene ring substituents is 1. The summed E-state index contributed by atoms with van der Waals surface area (Å²) >= 11 is 0. The van der Waals surface area contributed by atoms with Crippen molar-refractivity contribution in [3.8, 4) is 0 Å². The standard InChI is InChI=1S/C12H16N4O3/c17-12(15-8-1-6-13-7-9-15)14-10-2-4-11(5-3-10)16(18)19/h2-5,13H,1,6-9H2,(H,14,17). The van der Waals surface area contributed by atoms with Gasteiger partial charge in [-0.05, 0) is 25.1 Å². The third kappa shape index (κ3) is 3.65. The van der Waals surface area contributed by atoms with Gasteiger partial charge in [-0.25, -0.2) is 4.79 Å². The second kappa shape index (κ2) is 6.14. The fourth-order valence-electron chi connectivity index (χ4n) is 1.92. The van der Waals surface area contributed by atoms with Crippen molar-refractivity contribution in [3.05, 3.63) is 34.4 Å². The number of rotatable bonds is 2. The fourth-order valence-corrected chi connectivity index (χ4v) is 1.92. The zero-order valence-corrected chi connectivity index (χ0v) is 10.5. The van der Waals surface area contributed by atoms with Crippen LogP contribution in [0.1, 0.15) is 6.42 Å². The van der Waals surface area contributed by atoms with Crippen LogP contribution >= 0.6 is 0 Å². The van der Waals surface area contributed by atoms with Gasteiger partial charge in [-0.15, -0.1) is 0 Å². The Kier molecular flexibility index (Phi) is 4.30. The van der Waals surface area contributed by atoms with E-state index in [1.165, 1.54) is 24.3 Å². The Morgan fingerprint density at radius 2 is 2.00 bits per heavy atom. The Hall–Kier alpha value is -2.15. The summed E-state index contributed by atoms with van der Waals surface area (Å²) in [5.74, 6) is 0. The number of urea groups is 1. The minimum absolute atomic E-state index is 0.0111. The highest BCUT2D eigenvalue weighted by Gasteiger charge is 2.15. The van der Waals surface area contributed by atoms with Crippen LogP contribution in [-0.4, -0.2) is 42.0 Å². The Labute approximate surface area is 110 Å². The summed E-state index contributed by atoms with van der Waals surface area (Å²) in [4.78, 5) is 23.8. The number of anilines is 1. The summed E-state index contributed by atoms with van der Waals surface area (Å²) in [7, 11) is 0. The van der Waals surface area contributed by atoms with Crippen molar-refractivity contribution in [2.24, 2.45) is 0 Å². The molecule has 0 aliphatic carbocycles. The number of hydrogen-bond donors (Lipinski definition) is 2. The van der Waals surface area contributed by atoms with Crippen molar-refractivity contribution in [1.82, 2.24) is 10.2 Å². The Morgan fingerprint density at radius 1 is 1.26 bits per heavy atom. The maximum absolute atomic E-state index is 12.0. The molecule has 0 spiro atoms. The quantitative estimate of drug-likeness (QED) is 0.624. The first-order valence-corrected chi connectivity index (χ1v) is 6.18. The van der Waals surface area contributed by atoms with E-state index in [4.69, 9.17) is 0 Å². The molecular weight excluding hydrogens is 248 g/mol. The molecular formula is C12H16N4O3. The molecule has 1 aliphatic heterocycles. The molecule has 7 heteroatoms. The van der Waals surface area contributed by atoms with Gasteiger partial charge in [0.15, 0.2) is 0 Å². The predicted octanol–water partition coefficient (Wildman–Crippen LogP) is 1.42.